The van der Waals surface area contributed by atoms with Gasteiger partial charge in [-0.25, -0.2) is 21.6 Å². The largest absolute Gasteiger partial charge is 0.497 e. The highest BCUT2D eigenvalue weighted by atomic mass is 35.5. The summed E-state index contributed by atoms with van der Waals surface area (Å²) in [7, 11) is -2.15. The molecule has 4 atom stereocenters. The Morgan fingerprint density at radius 3 is 1.80 bits per heavy atom. The predicted octanol–water partition coefficient (Wildman–Crippen LogP) is 21.5. The number of sulfone groups is 1. The third-order valence-corrected chi connectivity index (χ3v) is 25.4. The Bertz CT molecular complexity index is 6720. The summed E-state index contributed by atoms with van der Waals surface area (Å²) in [6.45, 7) is 19.4. The molecule has 0 saturated carbocycles. The number of piperidine rings is 1. The molecule has 0 bridgehead atoms. The van der Waals surface area contributed by atoms with E-state index in [0.717, 1.165) is 89.6 Å². The van der Waals surface area contributed by atoms with Crippen LogP contribution in [0.1, 0.15) is 180 Å². The molecule has 7 heterocycles. The van der Waals surface area contributed by atoms with Crippen molar-refractivity contribution in [2.45, 2.75) is 154 Å². The third-order valence-electron chi connectivity index (χ3n) is 23.1. The Morgan fingerprint density at radius 1 is 0.587 bits per heavy atom. The summed E-state index contributed by atoms with van der Waals surface area (Å²) in [6.07, 6.45) is 4.04. The number of ketones is 1. The molecular formula is C110H114ClF3N14O14S. The average Bonchev–Trinajstić information content (AvgIpc) is 1.66. The fourth-order valence-electron chi connectivity index (χ4n) is 15.7. The number of likely N-dealkylation sites (tertiary alicyclic amines) is 1. The smallest absolute Gasteiger partial charge is 0.264 e. The Labute approximate surface area is 833 Å². The van der Waals surface area contributed by atoms with Crippen LogP contribution in [-0.2, 0) is 82.6 Å². The highest BCUT2D eigenvalue weighted by Crippen LogP contribution is 2.41. The van der Waals surface area contributed by atoms with Crippen LogP contribution in [0.15, 0.2) is 308 Å². The number of amides is 1. The highest BCUT2D eigenvalue weighted by molar-refractivity contribution is 7.91. The number of aliphatic hydroxyl groups excluding tert-OH is 1. The number of nitrogens with one attached hydrogen (secondary N) is 2. The predicted molar refractivity (Wildman–Crippen MR) is 534 cm³/mol. The van der Waals surface area contributed by atoms with Crippen LogP contribution in [0.3, 0.4) is 0 Å². The second-order valence-corrected chi connectivity index (χ2v) is 38.3. The number of aryl methyl sites for hydroxylation is 2. The minimum Gasteiger partial charge on any atom is -0.497 e. The summed E-state index contributed by atoms with van der Waals surface area (Å²) in [5.74, 6) is 5.90. The molecular weight excluding hydrogens is 1870 g/mol. The van der Waals surface area contributed by atoms with Gasteiger partial charge in [-0.3, -0.25) is 19.4 Å². The van der Waals surface area contributed by atoms with Crippen molar-refractivity contribution in [3.8, 4) is 40.0 Å². The fourth-order valence-corrected chi connectivity index (χ4v) is 17.7. The maximum absolute atomic E-state index is 13.3. The summed E-state index contributed by atoms with van der Waals surface area (Å²) >= 11 is 6.16. The van der Waals surface area contributed by atoms with Crippen molar-refractivity contribution in [1.82, 2.24) is 65.8 Å². The maximum atomic E-state index is 13.3. The zero-order valence-corrected chi connectivity index (χ0v) is 82.2. The molecule has 0 radical (unpaired) electrons. The number of ether oxygens (including phenoxy) is 4. The Morgan fingerprint density at radius 2 is 1.16 bits per heavy atom. The lowest BCUT2D eigenvalue weighted by atomic mass is 9.96. The van der Waals surface area contributed by atoms with Gasteiger partial charge in [-0.1, -0.05) is 260 Å². The molecule has 1 fully saturated rings. The van der Waals surface area contributed by atoms with Gasteiger partial charge in [-0.05, 0) is 176 Å². The molecule has 2 aliphatic rings. The van der Waals surface area contributed by atoms with Crippen LogP contribution in [0.4, 0.5) is 18.9 Å². The molecule has 1 amide bonds. The van der Waals surface area contributed by atoms with Gasteiger partial charge >= 0.3 is 0 Å². The van der Waals surface area contributed by atoms with E-state index in [-0.39, 0.29) is 60.0 Å². The van der Waals surface area contributed by atoms with Gasteiger partial charge in [0.05, 0.1) is 58.1 Å². The van der Waals surface area contributed by atoms with E-state index in [1.165, 1.54) is 83.9 Å². The molecule has 3 N–H and O–H groups in total. The lowest BCUT2D eigenvalue weighted by Gasteiger charge is -2.35. The number of hydrogen-bond donors (Lipinski definition) is 3. The second kappa shape index (κ2) is 51.3. The van der Waals surface area contributed by atoms with Crippen LogP contribution in [0, 0.1) is 36.2 Å². The molecule has 11 aromatic carbocycles. The van der Waals surface area contributed by atoms with Crippen LogP contribution in [0.2, 0.25) is 5.02 Å². The van der Waals surface area contributed by atoms with Crippen molar-refractivity contribution in [3.63, 3.8) is 0 Å². The molecule has 0 spiro atoms. The fraction of sp³-hybridized carbons (Fsp3) is 0.291. The van der Waals surface area contributed by atoms with Crippen molar-refractivity contribution in [2.24, 2.45) is 11.8 Å². The van der Waals surface area contributed by atoms with E-state index < -0.39 is 38.6 Å². The molecule has 28 nitrogen and oxygen atoms in total. The van der Waals surface area contributed by atoms with E-state index in [0.29, 0.717) is 138 Å². The summed E-state index contributed by atoms with van der Waals surface area (Å²) in [6, 6.07) is 83.8. The number of para-hydroxylation sites is 1. The molecule has 1 saturated heterocycles. The first-order valence-electron chi connectivity index (χ1n) is 47.1. The van der Waals surface area contributed by atoms with E-state index in [9.17, 15) is 36.3 Å². The zero-order chi connectivity index (χ0) is 101. The molecule has 18 rings (SSSR count). The average molecular weight is 1980 g/mol. The number of fused-ring (bicyclic) bond motifs is 1. The Kier molecular flexibility index (Phi) is 37.4. The lowest BCUT2D eigenvalue weighted by Crippen LogP contribution is -2.40. The van der Waals surface area contributed by atoms with Crippen molar-refractivity contribution in [1.29, 1.82) is 0 Å². The minimum atomic E-state index is -3.84. The number of nitrogens with zero attached hydrogens (tertiary/aromatic N) is 12. The second-order valence-electron chi connectivity index (χ2n) is 35.8. The first kappa shape index (κ1) is 104. The van der Waals surface area contributed by atoms with Crippen LogP contribution in [0.25, 0.3) is 22.8 Å². The van der Waals surface area contributed by atoms with Gasteiger partial charge in [-0.2, -0.15) is 24.9 Å². The quantitative estimate of drug-likeness (QED) is 0.0311. The van der Waals surface area contributed by atoms with E-state index in [4.69, 9.17) is 53.2 Å². The number of anilines is 1. The number of rotatable bonds is 35. The van der Waals surface area contributed by atoms with Crippen molar-refractivity contribution in [3.05, 3.63) is 405 Å². The first-order valence-corrected chi connectivity index (χ1v) is 49.2. The van der Waals surface area contributed by atoms with Crippen molar-refractivity contribution >= 4 is 38.8 Å². The Hall–Kier alpha value is -14.5. The van der Waals surface area contributed by atoms with Crippen molar-refractivity contribution < 1.29 is 77.8 Å². The number of benzene rings is 11. The Balaban J connectivity index is 0.000000142. The standard InChI is InChI=1S/C26H26ClN3O3.C24H29N3O3.C22H24N4O2.C20H19FN2O3.C18H16F2N2O3S/c27-23-14-8-7-13-21(23)17-32-18-22(31)16-28-24(15-19-9-3-1-4-10-19)26-29-25(30-33-26)20-11-5-2-6-12-20;1-17(2)13-23-25-24(30-26-23)16-27(15-18-7-5-4-6-8-18)21-11-12-29-22-10-9-19(28-3)14-20(21)22;1-16-9-11-17(12-10-16)21-24-20(28-25-21)15-26-13-5-6-18(14-26)22(27)23-19-7-3-2-4-8-19;1-20(2,3)19-22-17(26-23-19)12-25-16-10-6-14(7-11-16)18(24)13-4-8-15(21)9-5-13;1-2-16-21-17(25-22-16)11-26(23,24)18(12-3-7-14(19)8-4-12)13-5-9-15(20)10-6-13/h1-14,22,24,28,31H,15-18H2;4-10,14,17,21H,11-13,15-16H2,1-3H3;2-4,7-12,18H,5-6,13-15H2,1H3,(H,23,27);4-11H,12H2,1-3H3;3-10,18H,2,11H2,1H3. The number of aliphatic hydroxyl groups is 1. The van der Waals surface area contributed by atoms with Gasteiger partial charge in [0.1, 0.15) is 45.7 Å². The zero-order valence-electron chi connectivity index (χ0n) is 80.7. The minimum absolute atomic E-state index is 0.0175. The molecule has 4 unspecified atom stereocenters. The van der Waals surface area contributed by atoms with E-state index >= 15 is 0 Å². The summed E-state index contributed by atoms with van der Waals surface area (Å²) in [5, 5.41) is 36.4. The number of aromatic nitrogens is 10. The summed E-state index contributed by atoms with van der Waals surface area (Å²) < 4.78 is 115. The molecule has 143 heavy (non-hydrogen) atoms. The molecule has 742 valence electrons. The normalized spacial score (nSPS) is 14.0. The molecule has 5 aromatic heterocycles. The van der Waals surface area contributed by atoms with Crippen LogP contribution >= 0.6 is 11.6 Å². The molecule has 16 aromatic rings. The first-order chi connectivity index (χ1) is 69.2. The molecule has 0 aliphatic carbocycles. The van der Waals surface area contributed by atoms with Crippen LogP contribution in [-0.4, -0.2) is 132 Å². The maximum Gasteiger partial charge on any atom is 0.264 e. The third kappa shape index (κ3) is 31.2. The summed E-state index contributed by atoms with van der Waals surface area (Å²) in [5.41, 5.74) is 9.74. The summed E-state index contributed by atoms with van der Waals surface area (Å²) in [4.78, 5) is 51.6. The molecule has 33 heteroatoms. The highest BCUT2D eigenvalue weighted by Gasteiger charge is 2.35. The van der Waals surface area contributed by atoms with E-state index in [2.05, 4.69) is 115 Å². The number of hydrogen-bond acceptors (Lipinski definition) is 27. The van der Waals surface area contributed by atoms with E-state index in [1.807, 2.05) is 192 Å². The molecule has 2 aliphatic heterocycles. The SMILES string of the molecule is CC(C)(C)c1noc(COc2ccc(C(=O)c3ccc(F)cc3)cc2)n1.CCc1noc(CS(=O)(=O)C(c2ccc(F)cc2)c2ccc(F)cc2)n1.COc1ccc2c(c1)C(N(Cc1ccccc1)Cc1nc(CC(C)C)no1)CCO2.Cc1ccc(-c2noc(CN3CCCC(C(=O)Nc4ccccc4)C3)n2)cc1.OC(CNC(Cc1ccccc1)c1nc(-c2ccccc2)no1)COCc1ccccc1Cl. The number of carbonyl (C=O) groups excluding carboxylic acids is 2. The van der Waals surface area contributed by atoms with Crippen LogP contribution in [0.5, 0.6) is 17.2 Å². The lowest BCUT2D eigenvalue weighted by molar-refractivity contribution is -0.121. The van der Waals surface area contributed by atoms with Crippen LogP contribution < -0.4 is 24.8 Å². The number of halogens is 4. The topological polar surface area (TPSA) is 351 Å². The van der Waals surface area contributed by atoms with Gasteiger partial charge in [0, 0.05) is 88.9 Å². The number of carbonyl (C=O) groups is 2. The van der Waals surface area contributed by atoms with Gasteiger partial charge in [0.25, 0.3) is 5.89 Å². The monoisotopic (exact) mass is 1980 g/mol. The number of methoxy groups -OCH3 is 1. The van der Waals surface area contributed by atoms with Gasteiger partial charge < -0.3 is 57.3 Å². The van der Waals surface area contributed by atoms with E-state index in [1.54, 1.807) is 31.4 Å². The van der Waals surface area contributed by atoms with Gasteiger partial charge in [0.15, 0.2) is 39.7 Å². The van der Waals surface area contributed by atoms with Crippen molar-refractivity contribution in [2.75, 3.05) is 45.3 Å². The van der Waals surface area contributed by atoms with Gasteiger partial charge in [0.2, 0.25) is 41.1 Å². The van der Waals surface area contributed by atoms with Gasteiger partial charge in [-0.15, -0.1) is 0 Å².